The molecule has 17 heavy (non-hydrogen) atoms. The normalized spacial score (nSPS) is 35.8. The van der Waals surface area contributed by atoms with Crippen LogP contribution in [0.3, 0.4) is 0 Å². The van der Waals surface area contributed by atoms with Crippen molar-refractivity contribution in [2.24, 2.45) is 5.41 Å². The number of hydrogen-bond acceptors (Lipinski definition) is 2. The first-order valence-electron chi connectivity index (χ1n) is 6.86. The molecule has 1 N–H and O–H groups in total. The number of aromatic nitrogens is 2. The summed E-state index contributed by atoms with van der Waals surface area (Å²) in [5.41, 5.74) is 1.86. The third kappa shape index (κ3) is 2.01. The standard InChI is InChI=1S/C14H23N3/c1-10-5-4-6-11(16-10)12-8-15-9-17(12)13-7-14(13,2)3/h8-11,13,16H,4-7H2,1-3H3. The maximum absolute atomic E-state index is 4.37. The van der Waals surface area contributed by atoms with E-state index in [1.807, 2.05) is 6.33 Å². The summed E-state index contributed by atoms with van der Waals surface area (Å²) in [5, 5.41) is 3.71. The fourth-order valence-corrected chi connectivity index (χ4v) is 3.13. The van der Waals surface area contributed by atoms with Crippen LogP contribution in [-0.4, -0.2) is 15.6 Å². The van der Waals surface area contributed by atoms with Gasteiger partial charge in [-0.15, -0.1) is 0 Å². The quantitative estimate of drug-likeness (QED) is 0.851. The summed E-state index contributed by atoms with van der Waals surface area (Å²) in [5.74, 6) is 0. The van der Waals surface area contributed by atoms with Crippen LogP contribution in [0, 0.1) is 5.41 Å². The molecule has 0 bridgehead atoms. The van der Waals surface area contributed by atoms with Crippen LogP contribution in [0.25, 0.3) is 0 Å². The van der Waals surface area contributed by atoms with E-state index >= 15 is 0 Å². The van der Waals surface area contributed by atoms with Crippen molar-refractivity contribution in [2.45, 2.75) is 64.6 Å². The summed E-state index contributed by atoms with van der Waals surface area (Å²) in [4.78, 5) is 4.37. The molecule has 0 radical (unpaired) electrons. The number of hydrogen-bond donors (Lipinski definition) is 1. The van der Waals surface area contributed by atoms with Crippen molar-refractivity contribution >= 4 is 0 Å². The molecule has 1 saturated heterocycles. The molecule has 2 fully saturated rings. The highest BCUT2D eigenvalue weighted by molar-refractivity contribution is 5.13. The highest BCUT2D eigenvalue weighted by atomic mass is 15.2. The van der Waals surface area contributed by atoms with Gasteiger partial charge in [0.2, 0.25) is 0 Å². The SMILES string of the molecule is CC1CCCC(c2cncn2C2CC2(C)C)N1. The lowest BCUT2D eigenvalue weighted by Gasteiger charge is -2.29. The summed E-state index contributed by atoms with van der Waals surface area (Å²) in [6, 6.07) is 1.82. The minimum Gasteiger partial charge on any atom is -0.329 e. The van der Waals surface area contributed by atoms with E-state index in [1.54, 1.807) is 0 Å². The van der Waals surface area contributed by atoms with Crippen molar-refractivity contribution in [1.29, 1.82) is 0 Å². The van der Waals surface area contributed by atoms with Gasteiger partial charge in [-0.3, -0.25) is 0 Å². The highest BCUT2D eigenvalue weighted by Crippen LogP contribution is 2.56. The lowest BCUT2D eigenvalue weighted by Crippen LogP contribution is -2.35. The Morgan fingerprint density at radius 3 is 2.82 bits per heavy atom. The summed E-state index contributed by atoms with van der Waals surface area (Å²) in [7, 11) is 0. The molecule has 1 aromatic heterocycles. The smallest absolute Gasteiger partial charge is 0.0951 e. The molecular formula is C14H23N3. The Kier molecular flexibility index (Phi) is 2.54. The lowest BCUT2D eigenvalue weighted by molar-refractivity contribution is 0.327. The van der Waals surface area contributed by atoms with E-state index in [0.29, 0.717) is 23.5 Å². The van der Waals surface area contributed by atoms with Gasteiger partial charge in [-0.05, 0) is 38.0 Å². The van der Waals surface area contributed by atoms with Gasteiger partial charge in [0.05, 0.1) is 12.0 Å². The van der Waals surface area contributed by atoms with Gasteiger partial charge in [0.25, 0.3) is 0 Å². The summed E-state index contributed by atoms with van der Waals surface area (Å²) >= 11 is 0. The monoisotopic (exact) mass is 233 g/mol. The molecule has 1 aliphatic carbocycles. The van der Waals surface area contributed by atoms with Crippen LogP contribution >= 0.6 is 0 Å². The Morgan fingerprint density at radius 2 is 2.18 bits per heavy atom. The molecule has 1 aliphatic heterocycles. The molecule has 94 valence electrons. The van der Waals surface area contributed by atoms with E-state index in [2.05, 4.69) is 41.8 Å². The molecule has 3 nitrogen and oxygen atoms in total. The topological polar surface area (TPSA) is 29.9 Å². The van der Waals surface area contributed by atoms with Crippen molar-refractivity contribution in [2.75, 3.05) is 0 Å². The second-order valence-corrected chi connectivity index (χ2v) is 6.49. The zero-order valence-electron chi connectivity index (χ0n) is 11.1. The van der Waals surface area contributed by atoms with E-state index in [0.717, 1.165) is 0 Å². The molecule has 1 saturated carbocycles. The molecule has 0 amide bonds. The van der Waals surface area contributed by atoms with Gasteiger partial charge in [-0.25, -0.2) is 4.98 Å². The van der Waals surface area contributed by atoms with Crippen LogP contribution in [0.5, 0.6) is 0 Å². The fourth-order valence-electron chi connectivity index (χ4n) is 3.13. The van der Waals surface area contributed by atoms with Gasteiger partial charge < -0.3 is 9.88 Å². The molecule has 2 heterocycles. The van der Waals surface area contributed by atoms with Crippen molar-refractivity contribution in [1.82, 2.24) is 14.9 Å². The van der Waals surface area contributed by atoms with Gasteiger partial charge >= 0.3 is 0 Å². The molecule has 0 spiro atoms. The second kappa shape index (κ2) is 3.84. The van der Waals surface area contributed by atoms with Gasteiger partial charge in [0, 0.05) is 24.3 Å². The first kappa shape index (κ1) is 11.3. The van der Waals surface area contributed by atoms with Crippen LogP contribution in [0.1, 0.15) is 64.2 Å². The number of nitrogens with one attached hydrogen (secondary N) is 1. The molecule has 3 atom stereocenters. The van der Waals surface area contributed by atoms with Gasteiger partial charge in [-0.1, -0.05) is 13.8 Å². The summed E-state index contributed by atoms with van der Waals surface area (Å²) < 4.78 is 2.41. The lowest BCUT2D eigenvalue weighted by atomic mass is 9.97. The molecular weight excluding hydrogens is 210 g/mol. The first-order chi connectivity index (χ1) is 8.08. The van der Waals surface area contributed by atoms with E-state index in [4.69, 9.17) is 0 Å². The third-order valence-corrected chi connectivity index (χ3v) is 4.47. The average Bonchev–Trinajstić information content (AvgIpc) is 2.75. The Hall–Kier alpha value is -0.830. The van der Waals surface area contributed by atoms with Crippen LogP contribution in [0.2, 0.25) is 0 Å². The predicted molar refractivity (Wildman–Crippen MR) is 68.9 cm³/mol. The summed E-state index contributed by atoms with van der Waals surface area (Å²) in [6.07, 6.45) is 9.26. The average molecular weight is 233 g/mol. The Bertz CT molecular complexity index is 407. The van der Waals surface area contributed by atoms with Gasteiger partial charge in [-0.2, -0.15) is 0 Å². The zero-order chi connectivity index (χ0) is 12.0. The van der Waals surface area contributed by atoms with E-state index in [9.17, 15) is 0 Å². The van der Waals surface area contributed by atoms with Crippen molar-refractivity contribution in [3.63, 3.8) is 0 Å². The van der Waals surface area contributed by atoms with E-state index in [1.165, 1.54) is 31.4 Å². The Balaban J connectivity index is 1.81. The largest absolute Gasteiger partial charge is 0.329 e. The van der Waals surface area contributed by atoms with Crippen molar-refractivity contribution < 1.29 is 0 Å². The molecule has 0 aromatic carbocycles. The van der Waals surface area contributed by atoms with Crippen molar-refractivity contribution in [3.05, 3.63) is 18.2 Å². The number of rotatable bonds is 2. The fraction of sp³-hybridized carbons (Fsp3) is 0.786. The highest BCUT2D eigenvalue weighted by Gasteiger charge is 2.48. The second-order valence-electron chi connectivity index (χ2n) is 6.49. The van der Waals surface area contributed by atoms with Gasteiger partial charge in [0.15, 0.2) is 0 Å². The van der Waals surface area contributed by atoms with E-state index in [-0.39, 0.29) is 0 Å². The third-order valence-electron chi connectivity index (χ3n) is 4.47. The number of imidazole rings is 1. The molecule has 3 heteroatoms. The first-order valence-corrected chi connectivity index (χ1v) is 6.86. The molecule has 3 rings (SSSR count). The molecule has 3 unspecified atom stereocenters. The maximum atomic E-state index is 4.37. The Labute approximate surface area is 104 Å². The molecule has 2 aliphatic rings. The van der Waals surface area contributed by atoms with Crippen LogP contribution < -0.4 is 5.32 Å². The molecule has 1 aromatic rings. The Morgan fingerprint density at radius 1 is 1.41 bits per heavy atom. The number of piperidine rings is 1. The van der Waals surface area contributed by atoms with Crippen LogP contribution in [0.15, 0.2) is 12.5 Å². The van der Waals surface area contributed by atoms with E-state index < -0.39 is 0 Å². The maximum Gasteiger partial charge on any atom is 0.0951 e. The predicted octanol–water partition coefficient (Wildman–Crippen LogP) is 3.06. The van der Waals surface area contributed by atoms with Crippen LogP contribution in [0.4, 0.5) is 0 Å². The zero-order valence-corrected chi connectivity index (χ0v) is 11.1. The summed E-state index contributed by atoms with van der Waals surface area (Å²) in [6.45, 7) is 6.98. The van der Waals surface area contributed by atoms with Gasteiger partial charge in [0.1, 0.15) is 0 Å². The number of nitrogens with zero attached hydrogens (tertiary/aromatic N) is 2. The van der Waals surface area contributed by atoms with Crippen molar-refractivity contribution in [3.8, 4) is 0 Å². The minimum absolute atomic E-state index is 0.468. The minimum atomic E-state index is 0.468. The van der Waals surface area contributed by atoms with Crippen LogP contribution in [-0.2, 0) is 0 Å².